The molecule has 8 heteroatoms. The summed E-state index contributed by atoms with van der Waals surface area (Å²) in [7, 11) is 0. The van der Waals surface area contributed by atoms with Gasteiger partial charge in [0.05, 0.1) is 6.54 Å². The number of hydrogen-bond donors (Lipinski definition) is 1. The SMILES string of the molecule is O=C(NCCn1nc(-c2cccnc2)n(C2CC2)c1=O)c1cccc(F)c1. The van der Waals surface area contributed by atoms with E-state index in [0.717, 1.165) is 18.4 Å². The smallest absolute Gasteiger partial charge is 0.346 e. The first kappa shape index (κ1) is 17.1. The molecule has 27 heavy (non-hydrogen) atoms. The Morgan fingerprint density at radius 1 is 1.26 bits per heavy atom. The van der Waals surface area contributed by atoms with Crippen LogP contribution in [0.3, 0.4) is 0 Å². The molecule has 0 saturated heterocycles. The molecule has 1 saturated carbocycles. The summed E-state index contributed by atoms with van der Waals surface area (Å²) >= 11 is 0. The zero-order chi connectivity index (χ0) is 18.8. The van der Waals surface area contributed by atoms with E-state index in [-0.39, 0.29) is 30.4 Å². The molecule has 1 N–H and O–H groups in total. The topological polar surface area (TPSA) is 81.8 Å². The Bertz CT molecular complexity index is 1020. The number of halogens is 1. The molecule has 1 aliphatic carbocycles. The van der Waals surface area contributed by atoms with Crippen molar-refractivity contribution < 1.29 is 9.18 Å². The Balaban J connectivity index is 1.50. The van der Waals surface area contributed by atoms with Gasteiger partial charge < -0.3 is 5.32 Å². The molecule has 0 unspecified atom stereocenters. The molecule has 1 amide bonds. The molecule has 2 heterocycles. The lowest BCUT2D eigenvalue weighted by Gasteiger charge is -2.05. The molecular weight excluding hydrogens is 349 g/mol. The minimum absolute atomic E-state index is 0.170. The number of amides is 1. The van der Waals surface area contributed by atoms with E-state index in [4.69, 9.17) is 0 Å². The lowest BCUT2D eigenvalue weighted by Crippen LogP contribution is -2.32. The summed E-state index contributed by atoms with van der Waals surface area (Å²) in [5.74, 6) is -0.271. The van der Waals surface area contributed by atoms with Crippen molar-refractivity contribution in [3.05, 3.63) is 70.7 Å². The standard InChI is InChI=1S/C19H18FN5O2/c20-15-5-1-3-13(11-15)18(26)22-9-10-24-19(27)25(16-6-7-16)17(23-24)14-4-2-8-21-12-14/h1-5,8,11-12,16H,6-7,9-10H2,(H,22,26). The highest BCUT2D eigenvalue weighted by atomic mass is 19.1. The zero-order valence-electron chi connectivity index (χ0n) is 14.5. The molecule has 0 radical (unpaired) electrons. The van der Waals surface area contributed by atoms with Crippen molar-refractivity contribution in [2.24, 2.45) is 0 Å². The summed E-state index contributed by atoms with van der Waals surface area (Å²) in [5.41, 5.74) is 0.822. The Labute approximate surface area is 154 Å². The van der Waals surface area contributed by atoms with Crippen LogP contribution in [-0.4, -0.2) is 31.8 Å². The van der Waals surface area contributed by atoms with Gasteiger partial charge >= 0.3 is 5.69 Å². The van der Waals surface area contributed by atoms with E-state index in [1.54, 1.807) is 23.0 Å². The fraction of sp³-hybridized carbons (Fsp3) is 0.263. The lowest BCUT2D eigenvalue weighted by atomic mass is 10.2. The van der Waals surface area contributed by atoms with E-state index in [9.17, 15) is 14.0 Å². The third kappa shape index (κ3) is 3.64. The summed E-state index contributed by atoms with van der Waals surface area (Å²) < 4.78 is 16.3. The van der Waals surface area contributed by atoms with Crippen LogP contribution in [0.25, 0.3) is 11.4 Å². The Kier molecular flexibility index (Phi) is 4.53. The first-order chi connectivity index (χ1) is 13.1. The largest absolute Gasteiger partial charge is 0.350 e. The van der Waals surface area contributed by atoms with Crippen LogP contribution < -0.4 is 11.0 Å². The second-order valence-electron chi connectivity index (χ2n) is 6.44. The molecule has 138 valence electrons. The van der Waals surface area contributed by atoms with Gasteiger partial charge in [0, 0.05) is 36.1 Å². The number of carbonyl (C=O) groups is 1. The van der Waals surface area contributed by atoms with Crippen molar-refractivity contribution in [1.82, 2.24) is 24.6 Å². The molecule has 2 aromatic heterocycles. The van der Waals surface area contributed by atoms with Crippen LogP contribution in [0.15, 0.2) is 53.6 Å². The summed E-state index contributed by atoms with van der Waals surface area (Å²) in [6.45, 7) is 0.441. The highest BCUT2D eigenvalue weighted by Crippen LogP contribution is 2.36. The zero-order valence-corrected chi connectivity index (χ0v) is 14.5. The van der Waals surface area contributed by atoms with Gasteiger partial charge in [-0.25, -0.2) is 13.9 Å². The second kappa shape index (κ2) is 7.14. The number of aromatic nitrogens is 4. The highest BCUT2D eigenvalue weighted by molar-refractivity contribution is 5.94. The van der Waals surface area contributed by atoms with Gasteiger partial charge in [0.2, 0.25) is 0 Å². The quantitative estimate of drug-likeness (QED) is 0.723. The molecule has 1 aliphatic rings. The molecule has 4 rings (SSSR count). The molecule has 7 nitrogen and oxygen atoms in total. The van der Waals surface area contributed by atoms with Gasteiger partial charge in [-0.3, -0.25) is 14.3 Å². The van der Waals surface area contributed by atoms with Crippen LogP contribution in [0.4, 0.5) is 4.39 Å². The van der Waals surface area contributed by atoms with Crippen molar-refractivity contribution in [2.45, 2.75) is 25.4 Å². The highest BCUT2D eigenvalue weighted by Gasteiger charge is 2.30. The fourth-order valence-electron chi connectivity index (χ4n) is 2.93. The molecule has 0 atom stereocenters. The summed E-state index contributed by atoms with van der Waals surface area (Å²) in [4.78, 5) is 28.9. The first-order valence-corrected chi connectivity index (χ1v) is 8.77. The number of carbonyl (C=O) groups excluding carboxylic acids is 1. The van der Waals surface area contributed by atoms with Gasteiger partial charge in [-0.2, -0.15) is 0 Å². The molecule has 0 aliphatic heterocycles. The summed E-state index contributed by atoms with van der Waals surface area (Å²) in [5, 5.41) is 7.13. The predicted octanol–water partition coefficient (Wildman–Crippen LogP) is 2.01. The van der Waals surface area contributed by atoms with Crippen molar-refractivity contribution in [3.63, 3.8) is 0 Å². The molecular formula is C19H18FN5O2. The number of nitrogens with one attached hydrogen (secondary N) is 1. The van der Waals surface area contributed by atoms with E-state index >= 15 is 0 Å². The van der Waals surface area contributed by atoms with E-state index < -0.39 is 11.7 Å². The molecule has 0 spiro atoms. The van der Waals surface area contributed by atoms with Gasteiger partial charge in [-0.1, -0.05) is 6.07 Å². The van der Waals surface area contributed by atoms with Crippen molar-refractivity contribution >= 4 is 5.91 Å². The average molecular weight is 367 g/mol. The third-order valence-electron chi connectivity index (χ3n) is 4.40. The maximum Gasteiger partial charge on any atom is 0.346 e. The van der Waals surface area contributed by atoms with Crippen molar-refractivity contribution in [3.8, 4) is 11.4 Å². The Hall–Kier alpha value is -3.29. The Morgan fingerprint density at radius 2 is 2.11 bits per heavy atom. The maximum atomic E-state index is 13.2. The number of benzene rings is 1. The van der Waals surface area contributed by atoms with Crippen molar-refractivity contribution in [2.75, 3.05) is 6.54 Å². The number of rotatable bonds is 6. The molecule has 1 fully saturated rings. The van der Waals surface area contributed by atoms with E-state index in [1.807, 2.05) is 6.07 Å². The first-order valence-electron chi connectivity index (χ1n) is 8.77. The van der Waals surface area contributed by atoms with Crippen LogP contribution >= 0.6 is 0 Å². The monoisotopic (exact) mass is 367 g/mol. The Morgan fingerprint density at radius 3 is 2.81 bits per heavy atom. The predicted molar refractivity (Wildman–Crippen MR) is 96.7 cm³/mol. The van der Waals surface area contributed by atoms with Crippen LogP contribution in [0.2, 0.25) is 0 Å². The minimum atomic E-state index is -0.469. The average Bonchev–Trinajstić information content (AvgIpc) is 3.46. The van der Waals surface area contributed by atoms with Gasteiger partial charge in [-0.15, -0.1) is 5.10 Å². The summed E-state index contributed by atoms with van der Waals surface area (Å²) in [6.07, 6.45) is 5.25. The van der Waals surface area contributed by atoms with Crippen LogP contribution in [0, 0.1) is 5.82 Å². The van der Waals surface area contributed by atoms with Crippen LogP contribution in [0.1, 0.15) is 29.2 Å². The normalized spacial score (nSPS) is 13.5. The van der Waals surface area contributed by atoms with Gasteiger partial charge in [-0.05, 0) is 43.2 Å². The number of hydrogen-bond acceptors (Lipinski definition) is 4. The van der Waals surface area contributed by atoms with E-state index in [2.05, 4.69) is 15.4 Å². The molecule has 1 aromatic carbocycles. The number of pyridine rings is 1. The second-order valence-corrected chi connectivity index (χ2v) is 6.44. The third-order valence-corrected chi connectivity index (χ3v) is 4.40. The summed E-state index contributed by atoms with van der Waals surface area (Å²) in [6, 6.07) is 9.30. The van der Waals surface area contributed by atoms with Crippen LogP contribution in [0.5, 0.6) is 0 Å². The minimum Gasteiger partial charge on any atom is -0.350 e. The lowest BCUT2D eigenvalue weighted by molar-refractivity contribution is 0.0951. The molecule has 3 aromatic rings. The van der Waals surface area contributed by atoms with Crippen molar-refractivity contribution in [1.29, 1.82) is 0 Å². The van der Waals surface area contributed by atoms with E-state index in [1.165, 1.54) is 28.9 Å². The van der Waals surface area contributed by atoms with Gasteiger partial charge in [0.15, 0.2) is 5.82 Å². The molecule has 0 bridgehead atoms. The van der Waals surface area contributed by atoms with E-state index in [0.29, 0.717) is 5.82 Å². The van der Waals surface area contributed by atoms with Gasteiger partial charge in [0.25, 0.3) is 5.91 Å². The fourth-order valence-corrected chi connectivity index (χ4v) is 2.93. The van der Waals surface area contributed by atoms with Gasteiger partial charge in [0.1, 0.15) is 5.82 Å². The number of nitrogens with zero attached hydrogens (tertiary/aromatic N) is 4. The van der Waals surface area contributed by atoms with Crippen LogP contribution in [-0.2, 0) is 6.54 Å². The maximum absolute atomic E-state index is 13.2.